The topological polar surface area (TPSA) is 12.0 Å². The molecule has 0 heterocycles. The van der Waals surface area contributed by atoms with Crippen LogP contribution >= 0.6 is 0 Å². The average molecular weight is 253 g/mol. The van der Waals surface area contributed by atoms with E-state index in [0.717, 1.165) is 6.54 Å². The first-order valence-corrected chi connectivity index (χ1v) is 6.97. The van der Waals surface area contributed by atoms with Crippen molar-refractivity contribution in [2.24, 2.45) is 0 Å². The molecule has 0 saturated heterocycles. The molecule has 0 aliphatic heterocycles. The minimum absolute atomic E-state index is 0.572. The van der Waals surface area contributed by atoms with E-state index in [4.69, 9.17) is 0 Å². The number of anilines is 1. The summed E-state index contributed by atoms with van der Waals surface area (Å²) in [6.07, 6.45) is 0. The van der Waals surface area contributed by atoms with Crippen LogP contribution in [0.15, 0.2) is 42.5 Å². The van der Waals surface area contributed by atoms with Crippen molar-refractivity contribution in [3.63, 3.8) is 0 Å². The molecule has 2 aromatic carbocycles. The van der Waals surface area contributed by atoms with Crippen LogP contribution in [0.25, 0.3) is 0 Å². The van der Waals surface area contributed by atoms with Gasteiger partial charge in [0.25, 0.3) is 0 Å². The van der Waals surface area contributed by atoms with E-state index in [1.54, 1.807) is 0 Å². The molecule has 1 heteroatoms. The summed E-state index contributed by atoms with van der Waals surface area (Å²) in [5.41, 5.74) is 6.69. The second-order valence-corrected chi connectivity index (χ2v) is 5.49. The highest BCUT2D eigenvalue weighted by Gasteiger charge is 2.02. The lowest BCUT2D eigenvalue weighted by molar-refractivity contribution is 0.866. The predicted octanol–water partition coefficient (Wildman–Crippen LogP) is 5.04. The zero-order valence-electron chi connectivity index (χ0n) is 12.3. The van der Waals surface area contributed by atoms with Crippen molar-refractivity contribution in [1.82, 2.24) is 0 Å². The number of rotatable bonds is 4. The molecule has 0 atom stereocenters. The highest BCUT2D eigenvalue weighted by molar-refractivity contribution is 5.47. The standard InChI is InChI=1S/C18H23N/c1-13(2)16-8-6-10-18(11-16)19-12-17-9-5-7-14(3)15(17)4/h5-11,13,19H,12H2,1-4H3. The molecule has 1 N–H and O–H groups in total. The molecule has 0 spiro atoms. The fourth-order valence-electron chi connectivity index (χ4n) is 2.21. The van der Waals surface area contributed by atoms with E-state index < -0.39 is 0 Å². The Morgan fingerprint density at radius 3 is 2.47 bits per heavy atom. The summed E-state index contributed by atoms with van der Waals surface area (Å²) in [5.74, 6) is 0.572. The van der Waals surface area contributed by atoms with Crippen molar-refractivity contribution in [2.75, 3.05) is 5.32 Å². The predicted molar refractivity (Wildman–Crippen MR) is 83.8 cm³/mol. The third-order valence-corrected chi connectivity index (χ3v) is 3.75. The van der Waals surface area contributed by atoms with Gasteiger partial charge in [0.2, 0.25) is 0 Å². The van der Waals surface area contributed by atoms with Gasteiger partial charge in [-0.05, 0) is 54.2 Å². The molecule has 100 valence electrons. The largest absolute Gasteiger partial charge is 0.381 e. The number of nitrogens with one attached hydrogen (secondary N) is 1. The summed E-state index contributed by atoms with van der Waals surface area (Å²) < 4.78 is 0. The molecule has 0 aliphatic rings. The van der Waals surface area contributed by atoms with Gasteiger partial charge in [0.05, 0.1) is 0 Å². The van der Waals surface area contributed by atoms with Gasteiger partial charge in [-0.3, -0.25) is 0 Å². The van der Waals surface area contributed by atoms with Crippen LogP contribution in [0.2, 0.25) is 0 Å². The lowest BCUT2D eigenvalue weighted by Crippen LogP contribution is -2.02. The first-order chi connectivity index (χ1) is 9.08. The van der Waals surface area contributed by atoms with E-state index in [2.05, 4.69) is 75.5 Å². The maximum atomic E-state index is 3.52. The van der Waals surface area contributed by atoms with Gasteiger partial charge in [0.1, 0.15) is 0 Å². The molecular formula is C18H23N. The Hall–Kier alpha value is -1.76. The molecule has 0 saturated carbocycles. The Labute approximate surface area is 116 Å². The van der Waals surface area contributed by atoms with E-state index in [1.165, 1.54) is 27.9 Å². The molecule has 0 radical (unpaired) electrons. The maximum Gasteiger partial charge on any atom is 0.0403 e. The number of aryl methyl sites for hydroxylation is 1. The molecule has 0 aliphatic carbocycles. The van der Waals surface area contributed by atoms with Gasteiger partial charge in [0.15, 0.2) is 0 Å². The van der Waals surface area contributed by atoms with E-state index in [1.807, 2.05) is 0 Å². The minimum atomic E-state index is 0.572. The van der Waals surface area contributed by atoms with Gasteiger partial charge in [-0.1, -0.05) is 44.2 Å². The fraction of sp³-hybridized carbons (Fsp3) is 0.333. The van der Waals surface area contributed by atoms with Crippen molar-refractivity contribution in [1.29, 1.82) is 0 Å². The number of benzene rings is 2. The first kappa shape index (κ1) is 13.7. The molecule has 1 nitrogen and oxygen atoms in total. The van der Waals surface area contributed by atoms with E-state index >= 15 is 0 Å². The Morgan fingerprint density at radius 1 is 1.00 bits per heavy atom. The van der Waals surface area contributed by atoms with Crippen LogP contribution in [0.1, 0.15) is 42.0 Å². The Balaban J connectivity index is 2.10. The Bertz CT molecular complexity index is 555. The van der Waals surface area contributed by atoms with Crippen LogP contribution in [-0.2, 0) is 6.54 Å². The molecule has 2 aromatic rings. The Morgan fingerprint density at radius 2 is 1.74 bits per heavy atom. The summed E-state index contributed by atoms with van der Waals surface area (Å²) in [7, 11) is 0. The average Bonchev–Trinajstić information content (AvgIpc) is 2.41. The summed E-state index contributed by atoms with van der Waals surface area (Å²) in [6.45, 7) is 9.69. The zero-order chi connectivity index (χ0) is 13.8. The van der Waals surface area contributed by atoms with E-state index in [-0.39, 0.29) is 0 Å². The molecule has 19 heavy (non-hydrogen) atoms. The maximum absolute atomic E-state index is 3.52. The fourth-order valence-corrected chi connectivity index (χ4v) is 2.21. The summed E-state index contributed by atoms with van der Waals surface area (Å²) >= 11 is 0. The monoisotopic (exact) mass is 253 g/mol. The molecule has 2 rings (SSSR count). The van der Waals surface area contributed by atoms with Crippen LogP contribution in [0.4, 0.5) is 5.69 Å². The van der Waals surface area contributed by atoms with Crippen molar-refractivity contribution >= 4 is 5.69 Å². The normalized spacial score (nSPS) is 10.8. The van der Waals surface area contributed by atoms with Crippen molar-refractivity contribution in [2.45, 2.75) is 40.2 Å². The van der Waals surface area contributed by atoms with Crippen LogP contribution < -0.4 is 5.32 Å². The summed E-state index contributed by atoms with van der Waals surface area (Å²) in [4.78, 5) is 0. The van der Waals surface area contributed by atoms with Gasteiger partial charge in [-0.2, -0.15) is 0 Å². The molecular weight excluding hydrogens is 230 g/mol. The molecule has 0 unspecified atom stereocenters. The van der Waals surface area contributed by atoms with Crippen molar-refractivity contribution < 1.29 is 0 Å². The highest BCUT2D eigenvalue weighted by atomic mass is 14.9. The molecule has 0 fully saturated rings. The minimum Gasteiger partial charge on any atom is -0.381 e. The SMILES string of the molecule is Cc1cccc(CNc2cccc(C(C)C)c2)c1C. The smallest absolute Gasteiger partial charge is 0.0403 e. The molecule has 0 amide bonds. The van der Waals surface area contributed by atoms with Crippen LogP contribution in [-0.4, -0.2) is 0 Å². The van der Waals surface area contributed by atoms with Crippen LogP contribution in [0, 0.1) is 13.8 Å². The van der Waals surface area contributed by atoms with Crippen LogP contribution in [0.5, 0.6) is 0 Å². The first-order valence-electron chi connectivity index (χ1n) is 6.97. The van der Waals surface area contributed by atoms with Gasteiger partial charge < -0.3 is 5.32 Å². The van der Waals surface area contributed by atoms with E-state index in [9.17, 15) is 0 Å². The van der Waals surface area contributed by atoms with Crippen molar-refractivity contribution in [3.05, 3.63) is 64.7 Å². The number of hydrogen-bond acceptors (Lipinski definition) is 1. The van der Waals surface area contributed by atoms with Gasteiger partial charge in [-0.25, -0.2) is 0 Å². The summed E-state index contributed by atoms with van der Waals surface area (Å²) in [5, 5.41) is 3.52. The molecule has 0 bridgehead atoms. The van der Waals surface area contributed by atoms with Crippen LogP contribution in [0.3, 0.4) is 0 Å². The number of hydrogen-bond donors (Lipinski definition) is 1. The third-order valence-electron chi connectivity index (χ3n) is 3.75. The second kappa shape index (κ2) is 5.92. The van der Waals surface area contributed by atoms with E-state index in [0.29, 0.717) is 5.92 Å². The third kappa shape index (κ3) is 3.37. The van der Waals surface area contributed by atoms with Gasteiger partial charge in [-0.15, -0.1) is 0 Å². The molecule has 0 aromatic heterocycles. The zero-order valence-corrected chi connectivity index (χ0v) is 12.3. The van der Waals surface area contributed by atoms with Gasteiger partial charge >= 0.3 is 0 Å². The quantitative estimate of drug-likeness (QED) is 0.805. The van der Waals surface area contributed by atoms with Gasteiger partial charge in [0, 0.05) is 12.2 Å². The lowest BCUT2D eigenvalue weighted by atomic mass is 10.0. The summed E-state index contributed by atoms with van der Waals surface area (Å²) in [6, 6.07) is 15.2. The highest BCUT2D eigenvalue weighted by Crippen LogP contribution is 2.20. The Kier molecular flexibility index (Phi) is 4.26. The van der Waals surface area contributed by atoms with Crippen molar-refractivity contribution in [3.8, 4) is 0 Å². The lowest BCUT2D eigenvalue weighted by Gasteiger charge is -2.13. The second-order valence-electron chi connectivity index (χ2n) is 5.49.